The fourth-order valence-corrected chi connectivity index (χ4v) is 3.18. The first-order chi connectivity index (χ1) is 10.5. The Balaban J connectivity index is 2.43. The minimum Gasteiger partial charge on any atom is -0.466 e. The molecule has 0 aromatic heterocycles. The molecule has 1 saturated carbocycles. The largest absolute Gasteiger partial charge is 0.466 e. The van der Waals surface area contributed by atoms with Crippen LogP contribution in [0.5, 0.6) is 0 Å². The van der Waals surface area contributed by atoms with Gasteiger partial charge in [-0.1, -0.05) is 38.3 Å². The maximum absolute atomic E-state index is 11.6. The van der Waals surface area contributed by atoms with Crippen LogP contribution in [-0.2, 0) is 9.53 Å². The standard InChI is InChI=1S/C18H32O4/c1-3-5-6-9-16(19)11-10-15-8-7-12-18(21,13-15)14-17(20)22-4-2/h10-11,15-16,19,21H,3-9,12-14H2,1-2H3/b11-10+/t15-,16?,18-/m1/s1. The van der Waals surface area contributed by atoms with Gasteiger partial charge in [0.1, 0.15) is 0 Å². The zero-order valence-corrected chi connectivity index (χ0v) is 14.1. The molecule has 4 nitrogen and oxygen atoms in total. The van der Waals surface area contributed by atoms with E-state index in [1.165, 1.54) is 0 Å². The van der Waals surface area contributed by atoms with Crippen LogP contribution in [0.15, 0.2) is 12.2 Å². The van der Waals surface area contributed by atoms with E-state index >= 15 is 0 Å². The summed E-state index contributed by atoms with van der Waals surface area (Å²) in [5.74, 6) is -0.0942. The summed E-state index contributed by atoms with van der Waals surface area (Å²) in [4.78, 5) is 11.6. The van der Waals surface area contributed by atoms with E-state index in [4.69, 9.17) is 4.74 Å². The van der Waals surface area contributed by atoms with Gasteiger partial charge in [0.15, 0.2) is 0 Å². The average molecular weight is 312 g/mol. The molecule has 0 spiro atoms. The fourth-order valence-electron chi connectivity index (χ4n) is 3.18. The number of ether oxygens (including phenoxy) is 1. The zero-order chi connectivity index (χ0) is 16.4. The number of unbranched alkanes of at least 4 members (excludes halogenated alkanes) is 2. The smallest absolute Gasteiger partial charge is 0.308 e. The topological polar surface area (TPSA) is 66.8 Å². The van der Waals surface area contributed by atoms with Crippen molar-refractivity contribution in [2.45, 2.75) is 83.3 Å². The van der Waals surface area contributed by atoms with Gasteiger partial charge in [-0.15, -0.1) is 0 Å². The first kappa shape index (κ1) is 19.2. The SMILES string of the molecule is CCCCCC(O)/C=C/[C@H]1CCC[C@](O)(CC(=O)OCC)C1. The highest BCUT2D eigenvalue weighted by atomic mass is 16.5. The second kappa shape index (κ2) is 10.0. The van der Waals surface area contributed by atoms with E-state index in [0.717, 1.165) is 38.5 Å². The summed E-state index contributed by atoms with van der Waals surface area (Å²) in [5, 5.41) is 20.5. The summed E-state index contributed by atoms with van der Waals surface area (Å²) in [6, 6.07) is 0. The van der Waals surface area contributed by atoms with Gasteiger partial charge in [0.05, 0.1) is 24.7 Å². The van der Waals surface area contributed by atoms with Crippen molar-refractivity contribution in [2.75, 3.05) is 6.61 Å². The lowest BCUT2D eigenvalue weighted by Gasteiger charge is -2.35. The van der Waals surface area contributed by atoms with Crippen molar-refractivity contribution in [3.63, 3.8) is 0 Å². The number of hydrogen-bond acceptors (Lipinski definition) is 4. The molecule has 128 valence electrons. The van der Waals surface area contributed by atoms with Crippen molar-refractivity contribution >= 4 is 5.97 Å². The molecular formula is C18H32O4. The fraction of sp³-hybridized carbons (Fsp3) is 0.833. The highest BCUT2D eigenvalue weighted by Crippen LogP contribution is 2.35. The number of esters is 1. The van der Waals surface area contributed by atoms with Crippen molar-refractivity contribution in [2.24, 2.45) is 5.92 Å². The van der Waals surface area contributed by atoms with Crippen molar-refractivity contribution in [3.8, 4) is 0 Å². The van der Waals surface area contributed by atoms with Crippen molar-refractivity contribution < 1.29 is 19.7 Å². The summed E-state index contributed by atoms with van der Waals surface area (Å²) < 4.78 is 4.94. The van der Waals surface area contributed by atoms with E-state index in [9.17, 15) is 15.0 Å². The second-order valence-electron chi connectivity index (χ2n) is 6.51. The van der Waals surface area contributed by atoms with Gasteiger partial charge in [-0.05, 0) is 44.9 Å². The molecule has 0 aromatic carbocycles. The van der Waals surface area contributed by atoms with E-state index in [1.807, 2.05) is 12.2 Å². The summed E-state index contributed by atoms with van der Waals surface area (Å²) >= 11 is 0. The summed E-state index contributed by atoms with van der Waals surface area (Å²) in [7, 11) is 0. The number of aliphatic hydroxyl groups is 2. The van der Waals surface area contributed by atoms with Crippen LogP contribution in [0.25, 0.3) is 0 Å². The van der Waals surface area contributed by atoms with E-state index in [0.29, 0.717) is 19.4 Å². The minimum atomic E-state index is -0.952. The number of carbonyl (C=O) groups is 1. The summed E-state index contributed by atoms with van der Waals surface area (Å²) in [6.45, 7) is 4.27. The van der Waals surface area contributed by atoms with Crippen LogP contribution in [0.1, 0.15) is 71.6 Å². The summed E-state index contributed by atoms with van der Waals surface area (Å²) in [5.41, 5.74) is -0.952. The molecule has 2 N–H and O–H groups in total. The number of hydrogen-bond donors (Lipinski definition) is 2. The maximum Gasteiger partial charge on any atom is 0.308 e. The summed E-state index contributed by atoms with van der Waals surface area (Å²) in [6.07, 6.45) is 10.8. The Morgan fingerprint density at radius 2 is 2.18 bits per heavy atom. The lowest BCUT2D eigenvalue weighted by Crippen LogP contribution is -2.37. The number of allylic oxidation sites excluding steroid dienone is 1. The van der Waals surface area contributed by atoms with Gasteiger partial charge < -0.3 is 14.9 Å². The Hall–Kier alpha value is -0.870. The van der Waals surface area contributed by atoms with E-state index in [1.54, 1.807) is 6.92 Å². The molecule has 4 heteroatoms. The van der Waals surface area contributed by atoms with E-state index in [2.05, 4.69) is 6.92 Å². The third-order valence-electron chi connectivity index (χ3n) is 4.35. The van der Waals surface area contributed by atoms with Crippen LogP contribution in [0.4, 0.5) is 0 Å². The second-order valence-corrected chi connectivity index (χ2v) is 6.51. The molecule has 0 amide bonds. The normalized spacial score (nSPS) is 27.0. The highest BCUT2D eigenvalue weighted by Gasteiger charge is 2.35. The third kappa shape index (κ3) is 7.41. The third-order valence-corrected chi connectivity index (χ3v) is 4.35. The van der Waals surface area contributed by atoms with Crippen LogP contribution < -0.4 is 0 Å². The van der Waals surface area contributed by atoms with Gasteiger partial charge in [-0.2, -0.15) is 0 Å². The Morgan fingerprint density at radius 1 is 1.41 bits per heavy atom. The van der Waals surface area contributed by atoms with E-state index < -0.39 is 11.7 Å². The number of carbonyl (C=O) groups excluding carboxylic acids is 1. The van der Waals surface area contributed by atoms with Gasteiger partial charge in [-0.25, -0.2) is 0 Å². The van der Waals surface area contributed by atoms with Gasteiger partial charge in [0.2, 0.25) is 0 Å². The van der Waals surface area contributed by atoms with Crippen LogP contribution in [-0.4, -0.2) is 34.5 Å². The molecule has 1 rings (SSSR count). The predicted octanol–water partition coefficient (Wildman–Crippen LogP) is 3.36. The molecule has 1 unspecified atom stereocenters. The Kier molecular flexibility index (Phi) is 8.72. The van der Waals surface area contributed by atoms with E-state index in [-0.39, 0.29) is 18.3 Å². The molecule has 1 fully saturated rings. The van der Waals surface area contributed by atoms with Crippen LogP contribution in [0.2, 0.25) is 0 Å². The monoisotopic (exact) mass is 312 g/mol. The Morgan fingerprint density at radius 3 is 2.86 bits per heavy atom. The predicted molar refractivity (Wildman–Crippen MR) is 87.4 cm³/mol. The van der Waals surface area contributed by atoms with Gasteiger partial charge >= 0.3 is 5.97 Å². The number of aliphatic hydroxyl groups excluding tert-OH is 1. The van der Waals surface area contributed by atoms with Crippen molar-refractivity contribution in [1.29, 1.82) is 0 Å². The number of rotatable bonds is 9. The molecule has 0 saturated heterocycles. The molecule has 1 aliphatic carbocycles. The maximum atomic E-state index is 11.6. The van der Waals surface area contributed by atoms with Crippen molar-refractivity contribution in [3.05, 3.63) is 12.2 Å². The molecular weight excluding hydrogens is 280 g/mol. The Bertz CT molecular complexity index is 353. The molecule has 0 aromatic rings. The first-order valence-corrected chi connectivity index (χ1v) is 8.73. The molecule has 3 atom stereocenters. The van der Waals surface area contributed by atoms with Crippen LogP contribution in [0.3, 0.4) is 0 Å². The molecule has 0 aliphatic heterocycles. The first-order valence-electron chi connectivity index (χ1n) is 8.73. The Labute approximate surface area is 134 Å². The van der Waals surface area contributed by atoms with Crippen molar-refractivity contribution in [1.82, 2.24) is 0 Å². The quantitative estimate of drug-likeness (QED) is 0.389. The molecule has 0 radical (unpaired) electrons. The molecule has 0 bridgehead atoms. The zero-order valence-electron chi connectivity index (χ0n) is 14.1. The lowest BCUT2D eigenvalue weighted by atomic mass is 9.76. The highest BCUT2D eigenvalue weighted by molar-refractivity contribution is 5.70. The van der Waals surface area contributed by atoms with Crippen LogP contribution in [0, 0.1) is 5.92 Å². The van der Waals surface area contributed by atoms with Gasteiger partial charge in [0, 0.05) is 0 Å². The lowest BCUT2D eigenvalue weighted by molar-refractivity contribution is -0.150. The molecule has 0 heterocycles. The molecule has 1 aliphatic rings. The van der Waals surface area contributed by atoms with Crippen LogP contribution >= 0.6 is 0 Å². The average Bonchev–Trinajstić information content (AvgIpc) is 2.45. The van der Waals surface area contributed by atoms with Gasteiger partial charge in [0.25, 0.3) is 0 Å². The molecule has 22 heavy (non-hydrogen) atoms. The minimum absolute atomic E-state index is 0.0736. The van der Waals surface area contributed by atoms with Gasteiger partial charge in [-0.3, -0.25) is 4.79 Å².